The Hall–Kier alpha value is -1.17. The van der Waals surface area contributed by atoms with Crippen molar-refractivity contribution in [2.24, 2.45) is 23.2 Å². The Morgan fingerprint density at radius 2 is 1.91 bits per heavy atom. The third kappa shape index (κ3) is 7.16. The summed E-state index contributed by atoms with van der Waals surface area (Å²) in [6.07, 6.45) is 15.6. The molecule has 3 aliphatic rings. The molecule has 3 saturated carbocycles. The van der Waals surface area contributed by atoms with Crippen LogP contribution in [0.25, 0.3) is 0 Å². The van der Waals surface area contributed by atoms with Crippen LogP contribution >= 0.6 is 0 Å². The average molecular weight is 461 g/mol. The lowest BCUT2D eigenvalue weighted by atomic mass is 9.60. The monoisotopic (exact) mass is 460 g/mol. The molecule has 0 saturated heterocycles. The number of fused-ring (bicyclic) bond motifs is 1. The summed E-state index contributed by atoms with van der Waals surface area (Å²) in [5.41, 5.74) is 3.19. The fourth-order valence-electron chi connectivity index (χ4n) is 7.11. The van der Waals surface area contributed by atoms with Gasteiger partial charge in [-0.05, 0) is 95.1 Å². The van der Waals surface area contributed by atoms with Crippen LogP contribution in [-0.4, -0.2) is 60.4 Å². The summed E-state index contributed by atoms with van der Waals surface area (Å²) in [7, 11) is 3.84. The third-order valence-electron chi connectivity index (χ3n) is 8.67. The van der Waals surface area contributed by atoms with E-state index in [0.29, 0.717) is 37.1 Å². The number of aliphatic hydroxyl groups excluding tert-OH is 2. The molecule has 0 radical (unpaired) electrons. The zero-order valence-corrected chi connectivity index (χ0v) is 21.5. The number of amides is 1. The molecule has 33 heavy (non-hydrogen) atoms. The second kappa shape index (κ2) is 12.0. The number of likely N-dealkylation sites (N-methyl/N-ethyl adjacent to an activating group) is 1. The second-order valence-corrected chi connectivity index (χ2v) is 11.7. The minimum absolute atomic E-state index is 0.118. The summed E-state index contributed by atoms with van der Waals surface area (Å²) < 4.78 is 0. The Balaban J connectivity index is 1.52. The fraction of sp³-hybridized carbons (Fsp3) is 0.821. The van der Waals surface area contributed by atoms with E-state index in [2.05, 4.69) is 31.3 Å². The number of unbranched alkanes of at least 4 members (excludes halogenated alkanes) is 1. The Bertz CT molecular complexity index is 704. The number of nitrogens with zero attached hydrogens (tertiary/aromatic N) is 1. The first kappa shape index (κ1) is 26.4. The lowest BCUT2D eigenvalue weighted by Crippen LogP contribution is -2.36. The zero-order valence-electron chi connectivity index (χ0n) is 21.5. The van der Waals surface area contributed by atoms with Crippen molar-refractivity contribution in [3.05, 3.63) is 23.3 Å². The van der Waals surface area contributed by atoms with E-state index in [1.165, 1.54) is 50.5 Å². The summed E-state index contributed by atoms with van der Waals surface area (Å²) in [5, 5.41) is 23.0. The highest BCUT2D eigenvalue weighted by atomic mass is 16.3. The van der Waals surface area contributed by atoms with E-state index in [9.17, 15) is 15.0 Å². The summed E-state index contributed by atoms with van der Waals surface area (Å²) in [6, 6.07) is 0. The van der Waals surface area contributed by atoms with Crippen molar-refractivity contribution in [3.8, 4) is 0 Å². The minimum atomic E-state index is -0.395. The molecule has 3 rings (SSSR count). The van der Waals surface area contributed by atoms with Gasteiger partial charge in [-0.1, -0.05) is 50.0 Å². The van der Waals surface area contributed by atoms with Gasteiger partial charge in [-0.25, -0.2) is 0 Å². The standard InChI is InChI=1S/C28H48N2O3/c1-20(8-5-6-15-29-27(33)19-30(3)4)25-12-13-26-22(9-7-14-28(25,26)2)11-10-21-16-23(31)18-24(32)17-21/h10-11,20,23-26,31-32H,5-9,12-19H2,1-4H3,(H,29,33)/b22-11+/t20-,23-,24-,25-,26+,28-/m1/s1. The normalized spacial score (nSPS) is 34.4. The number of allylic oxidation sites excluding steroid dienone is 3. The number of hydrogen-bond donors (Lipinski definition) is 3. The van der Waals surface area contributed by atoms with Gasteiger partial charge >= 0.3 is 0 Å². The maximum atomic E-state index is 11.8. The van der Waals surface area contributed by atoms with Crippen molar-refractivity contribution in [1.29, 1.82) is 0 Å². The van der Waals surface area contributed by atoms with Crippen molar-refractivity contribution in [3.63, 3.8) is 0 Å². The van der Waals surface area contributed by atoms with Gasteiger partial charge in [0.2, 0.25) is 5.91 Å². The molecular weight excluding hydrogens is 412 g/mol. The second-order valence-electron chi connectivity index (χ2n) is 11.7. The topological polar surface area (TPSA) is 72.8 Å². The van der Waals surface area contributed by atoms with E-state index in [-0.39, 0.29) is 5.91 Å². The molecular formula is C28H48N2O3. The van der Waals surface area contributed by atoms with Crippen LogP contribution in [0.1, 0.15) is 84.5 Å². The van der Waals surface area contributed by atoms with E-state index in [1.54, 1.807) is 5.57 Å². The van der Waals surface area contributed by atoms with Crippen LogP contribution in [0.2, 0.25) is 0 Å². The van der Waals surface area contributed by atoms with Crippen molar-refractivity contribution in [2.75, 3.05) is 27.2 Å². The number of aliphatic hydroxyl groups is 2. The zero-order chi connectivity index (χ0) is 24.0. The largest absolute Gasteiger partial charge is 0.393 e. The summed E-state index contributed by atoms with van der Waals surface area (Å²) >= 11 is 0. The first-order chi connectivity index (χ1) is 15.7. The van der Waals surface area contributed by atoms with Gasteiger partial charge in [-0.15, -0.1) is 0 Å². The smallest absolute Gasteiger partial charge is 0.234 e. The van der Waals surface area contributed by atoms with E-state index in [1.807, 2.05) is 19.0 Å². The Labute approximate surface area is 201 Å². The first-order valence-electron chi connectivity index (χ1n) is 13.3. The molecule has 0 aromatic carbocycles. The van der Waals surface area contributed by atoms with Crippen LogP contribution in [0.3, 0.4) is 0 Å². The van der Waals surface area contributed by atoms with Crippen LogP contribution in [0.15, 0.2) is 23.3 Å². The molecule has 188 valence electrons. The molecule has 0 unspecified atom stereocenters. The Morgan fingerprint density at radius 3 is 2.61 bits per heavy atom. The molecule has 0 bridgehead atoms. The number of carbonyl (C=O) groups is 1. The van der Waals surface area contributed by atoms with E-state index < -0.39 is 12.2 Å². The lowest BCUT2D eigenvalue weighted by Gasteiger charge is -2.44. The van der Waals surface area contributed by atoms with Crippen LogP contribution < -0.4 is 5.32 Å². The molecule has 3 N–H and O–H groups in total. The van der Waals surface area contributed by atoms with Gasteiger partial charge in [-0.2, -0.15) is 0 Å². The van der Waals surface area contributed by atoms with Gasteiger partial charge in [0.1, 0.15) is 0 Å². The van der Waals surface area contributed by atoms with Gasteiger partial charge in [0.25, 0.3) is 0 Å². The number of carbonyl (C=O) groups excluding carboxylic acids is 1. The highest BCUT2D eigenvalue weighted by Crippen LogP contribution is 2.59. The molecule has 5 heteroatoms. The maximum absolute atomic E-state index is 11.8. The molecule has 5 nitrogen and oxygen atoms in total. The molecule has 0 heterocycles. The molecule has 6 atom stereocenters. The lowest BCUT2D eigenvalue weighted by molar-refractivity contribution is -0.121. The van der Waals surface area contributed by atoms with Crippen molar-refractivity contribution in [1.82, 2.24) is 10.2 Å². The number of rotatable bonds is 9. The third-order valence-corrected chi connectivity index (χ3v) is 8.67. The van der Waals surface area contributed by atoms with Crippen LogP contribution in [0, 0.1) is 23.2 Å². The Kier molecular flexibility index (Phi) is 9.61. The predicted octanol–water partition coefficient (Wildman–Crippen LogP) is 4.45. The minimum Gasteiger partial charge on any atom is -0.393 e. The number of nitrogens with one attached hydrogen (secondary N) is 1. The molecule has 0 spiro atoms. The highest BCUT2D eigenvalue weighted by molar-refractivity contribution is 5.77. The fourth-order valence-corrected chi connectivity index (χ4v) is 7.11. The molecule has 0 aromatic heterocycles. The summed E-state index contributed by atoms with van der Waals surface area (Å²) in [6.45, 7) is 6.25. The quantitative estimate of drug-likeness (QED) is 0.445. The summed E-state index contributed by atoms with van der Waals surface area (Å²) in [5.74, 6) is 2.30. The Morgan fingerprint density at radius 1 is 1.18 bits per heavy atom. The van der Waals surface area contributed by atoms with Gasteiger partial charge in [0.05, 0.1) is 18.8 Å². The van der Waals surface area contributed by atoms with Gasteiger partial charge in [0.15, 0.2) is 0 Å². The van der Waals surface area contributed by atoms with Crippen molar-refractivity contribution < 1.29 is 15.0 Å². The van der Waals surface area contributed by atoms with E-state index in [0.717, 1.165) is 24.8 Å². The predicted molar refractivity (Wildman–Crippen MR) is 135 cm³/mol. The van der Waals surface area contributed by atoms with Gasteiger partial charge < -0.3 is 20.4 Å². The average Bonchev–Trinajstić information content (AvgIpc) is 3.08. The van der Waals surface area contributed by atoms with Crippen LogP contribution in [-0.2, 0) is 4.79 Å². The van der Waals surface area contributed by atoms with Gasteiger partial charge in [0, 0.05) is 6.54 Å². The highest BCUT2D eigenvalue weighted by Gasteiger charge is 2.50. The summed E-state index contributed by atoms with van der Waals surface area (Å²) in [4.78, 5) is 13.7. The molecule has 3 fully saturated rings. The van der Waals surface area contributed by atoms with Crippen LogP contribution in [0.5, 0.6) is 0 Å². The maximum Gasteiger partial charge on any atom is 0.234 e. The molecule has 3 aliphatic carbocycles. The van der Waals surface area contributed by atoms with E-state index >= 15 is 0 Å². The molecule has 0 aliphatic heterocycles. The molecule has 0 aromatic rings. The van der Waals surface area contributed by atoms with Crippen molar-refractivity contribution >= 4 is 5.91 Å². The first-order valence-corrected chi connectivity index (χ1v) is 13.3. The SMILES string of the molecule is C[C@H](CCCCNC(=O)CN(C)C)[C@H]1CC[C@H]2/C(=C/C=C3C[C@@H](O)C[C@H](O)C3)CCC[C@]12C. The van der Waals surface area contributed by atoms with Gasteiger partial charge in [-0.3, -0.25) is 4.79 Å². The van der Waals surface area contributed by atoms with E-state index in [4.69, 9.17) is 0 Å². The number of hydrogen-bond acceptors (Lipinski definition) is 4. The molecule has 1 amide bonds. The van der Waals surface area contributed by atoms with Crippen LogP contribution in [0.4, 0.5) is 0 Å². The van der Waals surface area contributed by atoms with Crippen molar-refractivity contribution in [2.45, 2.75) is 96.7 Å².